The molecular formula is C17H13ClN2O2S. The molecule has 6 heteroatoms. The average molecular weight is 345 g/mol. The van der Waals surface area contributed by atoms with Crippen LogP contribution in [-0.2, 0) is 6.54 Å². The second kappa shape index (κ2) is 7.26. The zero-order chi connectivity index (χ0) is 16.1. The summed E-state index contributed by atoms with van der Waals surface area (Å²) < 4.78 is 6.27. The van der Waals surface area contributed by atoms with Crippen LogP contribution >= 0.6 is 22.9 Å². The van der Waals surface area contributed by atoms with E-state index in [1.54, 1.807) is 24.4 Å². The van der Waals surface area contributed by atoms with Gasteiger partial charge < -0.3 is 10.1 Å². The quantitative estimate of drug-likeness (QED) is 0.740. The van der Waals surface area contributed by atoms with Crippen molar-refractivity contribution in [1.29, 1.82) is 0 Å². The molecule has 0 fully saturated rings. The van der Waals surface area contributed by atoms with Crippen molar-refractivity contribution in [1.82, 2.24) is 10.3 Å². The highest BCUT2D eigenvalue weighted by molar-refractivity contribution is 7.17. The minimum absolute atomic E-state index is 0.141. The lowest BCUT2D eigenvalue weighted by molar-refractivity contribution is 0.0955. The monoisotopic (exact) mass is 344 g/mol. The van der Waals surface area contributed by atoms with Crippen molar-refractivity contribution in [2.24, 2.45) is 0 Å². The Balaban J connectivity index is 1.62. The highest BCUT2D eigenvalue weighted by Gasteiger charge is 2.08. The van der Waals surface area contributed by atoms with Gasteiger partial charge in [0.25, 0.3) is 5.91 Å². The zero-order valence-electron chi connectivity index (χ0n) is 12.0. The Morgan fingerprint density at radius 1 is 1.17 bits per heavy atom. The number of hydrogen-bond acceptors (Lipinski definition) is 4. The topological polar surface area (TPSA) is 51.2 Å². The summed E-state index contributed by atoms with van der Waals surface area (Å²) in [5.74, 6) is 1.06. The number of rotatable bonds is 5. The van der Waals surface area contributed by atoms with Crippen LogP contribution in [0.4, 0.5) is 0 Å². The smallest absolute Gasteiger partial charge is 0.261 e. The maximum atomic E-state index is 12.0. The number of benzene rings is 1. The molecule has 116 valence electrons. The molecule has 3 rings (SSSR count). The van der Waals surface area contributed by atoms with Crippen LogP contribution in [0.2, 0.25) is 4.34 Å². The molecule has 0 bridgehead atoms. The molecule has 0 saturated carbocycles. The fourth-order valence-corrected chi connectivity index (χ4v) is 2.91. The van der Waals surface area contributed by atoms with Crippen molar-refractivity contribution < 1.29 is 9.53 Å². The molecule has 0 aliphatic heterocycles. The molecule has 2 heterocycles. The Kier molecular flexibility index (Phi) is 4.90. The Morgan fingerprint density at radius 2 is 2.09 bits per heavy atom. The molecule has 4 nitrogen and oxygen atoms in total. The molecule has 1 N–H and O–H groups in total. The maximum absolute atomic E-state index is 12.0. The highest BCUT2D eigenvalue weighted by atomic mass is 35.5. The lowest BCUT2D eigenvalue weighted by Gasteiger charge is -2.07. The molecule has 0 atom stereocenters. The summed E-state index contributed by atoms with van der Waals surface area (Å²) in [4.78, 5) is 16.7. The number of carbonyl (C=O) groups is 1. The summed E-state index contributed by atoms with van der Waals surface area (Å²) in [5.41, 5.74) is 0.939. The van der Waals surface area contributed by atoms with Crippen LogP contribution in [0.1, 0.15) is 15.2 Å². The van der Waals surface area contributed by atoms with E-state index in [0.717, 1.165) is 5.56 Å². The summed E-state index contributed by atoms with van der Waals surface area (Å²) in [7, 11) is 0. The van der Waals surface area contributed by atoms with Crippen molar-refractivity contribution in [3.63, 3.8) is 0 Å². The molecule has 0 unspecified atom stereocenters. The van der Waals surface area contributed by atoms with Crippen molar-refractivity contribution >= 4 is 28.8 Å². The summed E-state index contributed by atoms with van der Waals surface area (Å²) in [6, 6.07) is 16.4. The number of amides is 1. The fourth-order valence-electron chi connectivity index (χ4n) is 1.95. The van der Waals surface area contributed by atoms with Crippen molar-refractivity contribution in [2.45, 2.75) is 6.54 Å². The van der Waals surface area contributed by atoms with Gasteiger partial charge in [-0.1, -0.05) is 29.8 Å². The van der Waals surface area contributed by atoms with Crippen LogP contribution in [0.5, 0.6) is 11.6 Å². The van der Waals surface area contributed by atoms with Gasteiger partial charge in [-0.05, 0) is 35.9 Å². The Bertz CT molecular complexity index is 805. The molecule has 0 aliphatic rings. The van der Waals surface area contributed by atoms with Gasteiger partial charge in [0.2, 0.25) is 5.88 Å². The van der Waals surface area contributed by atoms with Gasteiger partial charge in [0.15, 0.2) is 0 Å². The van der Waals surface area contributed by atoms with Crippen molar-refractivity contribution in [2.75, 3.05) is 0 Å². The third kappa shape index (κ3) is 4.31. The minimum Gasteiger partial charge on any atom is -0.439 e. The van der Waals surface area contributed by atoms with E-state index >= 15 is 0 Å². The molecule has 1 amide bonds. The molecule has 0 radical (unpaired) electrons. The van der Waals surface area contributed by atoms with Crippen molar-refractivity contribution in [3.05, 3.63) is 75.6 Å². The van der Waals surface area contributed by atoms with Gasteiger partial charge in [0.05, 0.1) is 9.21 Å². The average Bonchev–Trinajstić information content (AvgIpc) is 3.01. The summed E-state index contributed by atoms with van der Waals surface area (Å²) in [6.07, 6.45) is 1.67. The summed E-state index contributed by atoms with van der Waals surface area (Å²) in [6.45, 7) is 0.410. The Labute approximate surface area is 142 Å². The summed E-state index contributed by atoms with van der Waals surface area (Å²) >= 11 is 7.09. The van der Waals surface area contributed by atoms with Crippen LogP contribution in [0.25, 0.3) is 0 Å². The fraction of sp³-hybridized carbons (Fsp3) is 0.0588. The first-order valence-electron chi connectivity index (χ1n) is 6.92. The number of nitrogens with zero attached hydrogens (tertiary/aromatic N) is 1. The van der Waals surface area contributed by atoms with Crippen LogP contribution in [0.15, 0.2) is 60.8 Å². The van der Waals surface area contributed by atoms with Gasteiger partial charge in [-0.2, -0.15) is 0 Å². The molecule has 2 aromatic heterocycles. The van der Waals surface area contributed by atoms with Gasteiger partial charge in [-0.25, -0.2) is 4.98 Å². The maximum Gasteiger partial charge on any atom is 0.261 e. The first kappa shape index (κ1) is 15.5. The van der Waals surface area contributed by atoms with E-state index in [9.17, 15) is 4.79 Å². The van der Waals surface area contributed by atoms with E-state index in [2.05, 4.69) is 10.3 Å². The first-order chi connectivity index (χ1) is 11.2. The van der Waals surface area contributed by atoms with E-state index < -0.39 is 0 Å². The van der Waals surface area contributed by atoms with Crippen LogP contribution in [-0.4, -0.2) is 10.9 Å². The second-order valence-electron chi connectivity index (χ2n) is 4.70. The normalized spacial score (nSPS) is 10.3. The molecule has 0 aliphatic carbocycles. The molecule has 23 heavy (non-hydrogen) atoms. The number of aromatic nitrogens is 1. The van der Waals surface area contributed by atoms with Gasteiger partial charge in [-0.15, -0.1) is 11.3 Å². The Hall–Kier alpha value is -2.37. The number of halogens is 1. The largest absolute Gasteiger partial charge is 0.439 e. The van der Waals surface area contributed by atoms with Crippen LogP contribution in [0, 0.1) is 0 Å². The number of pyridine rings is 1. The van der Waals surface area contributed by atoms with Crippen LogP contribution < -0.4 is 10.1 Å². The summed E-state index contributed by atoms with van der Waals surface area (Å²) in [5, 5.41) is 2.86. The third-order valence-electron chi connectivity index (χ3n) is 3.01. The van der Waals surface area contributed by atoms with E-state index in [1.807, 2.05) is 36.4 Å². The lowest BCUT2D eigenvalue weighted by atomic mass is 10.2. The number of thiophene rings is 1. The second-order valence-corrected chi connectivity index (χ2v) is 6.42. The van der Waals surface area contributed by atoms with E-state index in [0.29, 0.717) is 27.4 Å². The number of hydrogen-bond donors (Lipinski definition) is 1. The SMILES string of the molecule is O=C(NCc1cccc(Oc2ccccn2)c1)c1ccc(Cl)s1. The third-order valence-corrected chi connectivity index (χ3v) is 4.24. The van der Waals surface area contributed by atoms with E-state index in [-0.39, 0.29) is 5.91 Å². The number of ether oxygens (including phenoxy) is 1. The predicted molar refractivity (Wildman–Crippen MR) is 91.3 cm³/mol. The Morgan fingerprint density at radius 3 is 2.83 bits per heavy atom. The molecular weight excluding hydrogens is 332 g/mol. The molecule has 0 spiro atoms. The minimum atomic E-state index is -0.141. The van der Waals surface area contributed by atoms with Gasteiger partial charge in [0, 0.05) is 18.8 Å². The molecule has 1 aromatic carbocycles. The standard InChI is InChI=1S/C17H13ClN2O2S/c18-15-8-7-14(23-15)17(21)20-11-12-4-3-5-13(10-12)22-16-6-1-2-9-19-16/h1-10H,11H2,(H,20,21). The number of carbonyl (C=O) groups excluding carboxylic acids is 1. The van der Waals surface area contributed by atoms with E-state index in [4.69, 9.17) is 16.3 Å². The molecule has 3 aromatic rings. The zero-order valence-corrected chi connectivity index (χ0v) is 13.6. The lowest BCUT2D eigenvalue weighted by Crippen LogP contribution is -2.21. The number of nitrogens with one attached hydrogen (secondary N) is 1. The van der Waals surface area contributed by atoms with Gasteiger partial charge in [0.1, 0.15) is 5.75 Å². The van der Waals surface area contributed by atoms with Gasteiger partial charge >= 0.3 is 0 Å². The highest BCUT2D eigenvalue weighted by Crippen LogP contribution is 2.22. The van der Waals surface area contributed by atoms with Gasteiger partial charge in [-0.3, -0.25) is 4.79 Å². The van der Waals surface area contributed by atoms with E-state index in [1.165, 1.54) is 11.3 Å². The first-order valence-corrected chi connectivity index (χ1v) is 8.11. The van der Waals surface area contributed by atoms with Crippen LogP contribution in [0.3, 0.4) is 0 Å². The van der Waals surface area contributed by atoms with Crippen molar-refractivity contribution in [3.8, 4) is 11.6 Å². The predicted octanol–water partition coefficient (Wildman–Crippen LogP) is 4.52. The molecule has 0 saturated heterocycles.